The van der Waals surface area contributed by atoms with Crippen LogP contribution in [0.1, 0.15) is 24.4 Å². The average molecular weight is 306 g/mol. The maximum absolute atomic E-state index is 12.8. The topological polar surface area (TPSA) is 55.6 Å². The summed E-state index contributed by atoms with van der Waals surface area (Å²) >= 11 is 5.95. The number of aromatic nitrogens is 4. The van der Waals surface area contributed by atoms with Gasteiger partial charge in [-0.05, 0) is 42.6 Å². The van der Waals surface area contributed by atoms with Crippen LogP contribution in [0.4, 0.5) is 13.2 Å². The van der Waals surface area contributed by atoms with Crippen LogP contribution in [-0.4, -0.2) is 27.3 Å². The summed E-state index contributed by atoms with van der Waals surface area (Å²) in [6.45, 7) is 1.78. The zero-order valence-corrected chi connectivity index (χ0v) is 11.4. The number of hydrogen-bond acceptors (Lipinski definition) is 4. The Kier molecular flexibility index (Phi) is 3.96. The molecule has 20 heavy (non-hydrogen) atoms. The van der Waals surface area contributed by atoms with Gasteiger partial charge in [0.25, 0.3) is 0 Å². The molecule has 1 aromatic heterocycles. The standard InChI is InChI=1S/C11H11ClF3N5/c1-6(16-2)10-17-18-19-20(10)9-5-7(11(13,14)15)3-4-8(9)12/h3-6,16H,1-2H3. The number of benzene rings is 1. The van der Waals surface area contributed by atoms with Crippen LogP contribution in [-0.2, 0) is 6.18 Å². The van der Waals surface area contributed by atoms with E-state index in [1.165, 1.54) is 10.7 Å². The van der Waals surface area contributed by atoms with Crippen LogP contribution in [0.25, 0.3) is 5.69 Å². The fourth-order valence-electron chi connectivity index (χ4n) is 1.62. The number of nitrogens with one attached hydrogen (secondary N) is 1. The van der Waals surface area contributed by atoms with Gasteiger partial charge in [0.05, 0.1) is 22.3 Å². The van der Waals surface area contributed by atoms with Crippen LogP contribution in [0.15, 0.2) is 18.2 Å². The molecule has 2 aromatic rings. The Labute approximate surface area is 117 Å². The smallest absolute Gasteiger partial charge is 0.311 e. The zero-order valence-electron chi connectivity index (χ0n) is 10.6. The second-order valence-electron chi connectivity index (χ2n) is 4.12. The minimum atomic E-state index is -4.46. The number of hydrogen-bond donors (Lipinski definition) is 1. The Hall–Kier alpha value is -1.67. The minimum absolute atomic E-state index is 0.0867. The van der Waals surface area contributed by atoms with Crippen LogP contribution >= 0.6 is 11.6 Å². The van der Waals surface area contributed by atoms with E-state index in [9.17, 15) is 13.2 Å². The first-order chi connectivity index (χ1) is 9.34. The fourth-order valence-corrected chi connectivity index (χ4v) is 1.81. The largest absolute Gasteiger partial charge is 0.416 e. The molecule has 1 atom stereocenters. The molecule has 9 heteroatoms. The van der Waals surface area contributed by atoms with Crippen LogP contribution in [0.5, 0.6) is 0 Å². The molecule has 5 nitrogen and oxygen atoms in total. The predicted octanol–water partition coefficient (Wildman–Crippen LogP) is 2.61. The van der Waals surface area contributed by atoms with Crippen molar-refractivity contribution in [3.63, 3.8) is 0 Å². The van der Waals surface area contributed by atoms with Gasteiger partial charge in [-0.2, -0.15) is 17.9 Å². The number of rotatable bonds is 3. The highest BCUT2D eigenvalue weighted by Gasteiger charge is 2.31. The van der Waals surface area contributed by atoms with E-state index in [0.717, 1.165) is 12.1 Å². The Morgan fingerprint density at radius 3 is 2.65 bits per heavy atom. The summed E-state index contributed by atoms with van der Waals surface area (Å²) in [6, 6.07) is 2.77. The molecule has 1 N–H and O–H groups in total. The van der Waals surface area contributed by atoms with Gasteiger partial charge in [0.15, 0.2) is 5.82 Å². The number of tetrazole rings is 1. The maximum atomic E-state index is 12.8. The first kappa shape index (κ1) is 14.7. The van der Waals surface area contributed by atoms with Gasteiger partial charge in [0.1, 0.15) is 0 Å². The lowest BCUT2D eigenvalue weighted by Gasteiger charge is -2.13. The van der Waals surface area contributed by atoms with Gasteiger partial charge in [-0.3, -0.25) is 0 Å². The SMILES string of the molecule is CNC(C)c1nnnn1-c1cc(C(F)(F)F)ccc1Cl. The molecule has 0 aliphatic rings. The van der Waals surface area contributed by atoms with Crippen molar-refractivity contribution in [3.8, 4) is 5.69 Å². The van der Waals surface area contributed by atoms with Gasteiger partial charge >= 0.3 is 6.18 Å². The van der Waals surface area contributed by atoms with Gasteiger partial charge < -0.3 is 5.32 Å². The molecule has 0 saturated heterocycles. The average Bonchev–Trinajstić information content (AvgIpc) is 2.86. The van der Waals surface area contributed by atoms with Crippen molar-refractivity contribution in [2.24, 2.45) is 0 Å². The van der Waals surface area contributed by atoms with Gasteiger partial charge in [-0.1, -0.05) is 11.6 Å². The molecule has 0 spiro atoms. The predicted molar refractivity (Wildman–Crippen MR) is 66.6 cm³/mol. The number of halogens is 4. The van der Waals surface area contributed by atoms with E-state index in [4.69, 9.17) is 11.6 Å². The zero-order chi connectivity index (χ0) is 14.9. The van der Waals surface area contributed by atoms with Crippen molar-refractivity contribution < 1.29 is 13.2 Å². The minimum Gasteiger partial charge on any atom is -0.311 e. The first-order valence-corrected chi connectivity index (χ1v) is 6.05. The van der Waals surface area contributed by atoms with Crippen LogP contribution in [0.3, 0.4) is 0 Å². The van der Waals surface area contributed by atoms with Crippen molar-refractivity contribution in [1.82, 2.24) is 25.5 Å². The molecule has 1 heterocycles. The van der Waals surface area contributed by atoms with Crippen molar-refractivity contribution in [2.75, 3.05) is 7.05 Å². The van der Waals surface area contributed by atoms with Gasteiger partial charge in [0, 0.05) is 0 Å². The quantitative estimate of drug-likeness (QED) is 0.947. The summed E-state index contributed by atoms with van der Waals surface area (Å²) < 4.78 is 39.4. The molecule has 2 rings (SSSR count). The molecule has 0 bridgehead atoms. The summed E-state index contributed by atoms with van der Waals surface area (Å²) in [6.07, 6.45) is -4.46. The number of nitrogens with zero attached hydrogens (tertiary/aromatic N) is 4. The fraction of sp³-hybridized carbons (Fsp3) is 0.364. The second kappa shape index (κ2) is 5.37. The van der Waals surface area contributed by atoms with E-state index in [1.807, 2.05) is 0 Å². The number of alkyl halides is 3. The Morgan fingerprint density at radius 2 is 2.05 bits per heavy atom. The lowest BCUT2D eigenvalue weighted by molar-refractivity contribution is -0.137. The van der Waals surface area contributed by atoms with Crippen molar-refractivity contribution in [3.05, 3.63) is 34.6 Å². The van der Waals surface area contributed by atoms with E-state index in [0.29, 0.717) is 5.82 Å². The van der Waals surface area contributed by atoms with Crippen molar-refractivity contribution in [2.45, 2.75) is 19.1 Å². The van der Waals surface area contributed by atoms with E-state index < -0.39 is 11.7 Å². The highest BCUT2D eigenvalue weighted by Crippen LogP contribution is 2.33. The molecule has 0 aliphatic carbocycles. The summed E-state index contributed by atoms with van der Waals surface area (Å²) in [5.41, 5.74) is -0.723. The summed E-state index contributed by atoms with van der Waals surface area (Å²) in [7, 11) is 1.69. The second-order valence-corrected chi connectivity index (χ2v) is 4.53. The van der Waals surface area contributed by atoms with E-state index in [1.54, 1.807) is 14.0 Å². The van der Waals surface area contributed by atoms with Gasteiger partial charge in [-0.25, -0.2) is 0 Å². The molecule has 0 fully saturated rings. The van der Waals surface area contributed by atoms with Crippen molar-refractivity contribution >= 4 is 11.6 Å². The lowest BCUT2D eigenvalue weighted by atomic mass is 10.2. The summed E-state index contributed by atoms with van der Waals surface area (Å²) in [4.78, 5) is 0. The highest BCUT2D eigenvalue weighted by molar-refractivity contribution is 6.32. The molecule has 0 radical (unpaired) electrons. The van der Waals surface area contributed by atoms with Crippen LogP contribution < -0.4 is 5.32 Å². The van der Waals surface area contributed by atoms with Gasteiger partial charge in [0.2, 0.25) is 0 Å². The Morgan fingerprint density at radius 1 is 1.35 bits per heavy atom. The van der Waals surface area contributed by atoms with E-state index in [-0.39, 0.29) is 16.8 Å². The molecule has 1 unspecified atom stereocenters. The first-order valence-electron chi connectivity index (χ1n) is 5.67. The monoisotopic (exact) mass is 305 g/mol. The van der Waals surface area contributed by atoms with E-state index >= 15 is 0 Å². The van der Waals surface area contributed by atoms with Crippen LogP contribution in [0.2, 0.25) is 5.02 Å². The maximum Gasteiger partial charge on any atom is 0.416 e. The third kappa shape index (κ3) is 2.75. The third-order valence-electron chi connectivity index (χ3n) is 2.82. The summed E-state index contributed by atoms with van der Waals surface area (Å²) in [5, 5.41) is 14.0. The molecule has 0 saturated carbocycles. The highest BCUT2D eigenvalue weighted by atomic mass is 35.5. The third-order valence-corrected chi connectivity index (χ3v) is 3.14. The summed E-state index contributed by atoms with van der Waals surface area (Å²) in [5.74, 6) is 0.369. The molecule has 108 valence electrons. The molecular formula is C11H11ClF3N5. The molecule has 1 aromatic carbocycles. The molecule has 0 amide bonds. The van der Waals surface area contributed by atoms with Crippen molar-refractivity contribution in [1.29, 1.82) is 0 Å². The van der Waals surface area contributed by atoms with E-state index in [2.05, 4.69) is 20.8 Å². The lowest BCUT2D eigenvalue weighted by Crippen LogP contribution is -2.18. The normalized spacial score (nSPS) is 13.5. The molecular weight excluding hydrogens is 295 g/mol. The van der Waals surface area contributed by atoms with Crippen LogP contribution in [0, 0.1) is 0 Å². The van der Waals surface area contributed by atoms with Gasteiger partial charge in [-0.15, -0.1) is 5.10 Å². The molecule has 0 aliphatic heterocycles. The Balaban J connectivity index is 2.55. The Bertz CT molecular complexity index is 610.